The Labute approximate surface area is 141 Å². The minimum absolute atomic E-state index is 0.0244. The molecule has 2 aliphatic heterocycles. The molecule has 1 atom stereocenters. The zero-order chi connectivity index (χ0) is 16.4. The van der Waals surface area contributed by atoms with E-state index in [-0.39, 0.29) is 24.2 Å². The molecule has 3 rings (SSSR count). The van der Waals surface area contributed by atoms with E-state index in [1.807, 2.05) is 23.1 Å². The molecule has 2 saturated heterocycles. The van der Waals surface area contributed by atoms with Gasteiger partial charge in [0.2, 0.25) is 11.8 Å². The van der Waals surface area contributed by atoms with Crippen LogP contribution in [-0.2, 0) is 9.59 Å². The highest BCUT2D eigenvalue weighted by atomic mass is 35.5. The minimum atomic E-state index is -0.257. The summed E-state index contributed by atoms with van der Waals surface area (Å²) in [6, 6.07) is 7.28. The van der Waals surface area contributed by atoms with Crippen LogP contribution in [0.4, 0.5) is 5.69 Å². The van der Waals surface area contributed by atoms with Crippen molar-refractivity contribution in [2.45, 2.75) is 13.3 Å². The Balaban J connectivity index is 1.66. The molecular formula is C17H22ClN3O2. The summed E-state index contributed by atoms with van der Waals surface area (Å²) in [7, 11) is 0. The maximum absolute atomic E-state index is 12.7. The van der Waals surface area contributed by atoms with E-state index in [9.17, 15) is 9.59 Å². The molecule has 5 nitrogen and oxygen atoms in total. The molecule has 0 aliphatic carbocycles. The van der Waals surface area contributed by atoms with Gasteiger partial charge in [0, 0.05) is 39.1 Å². The van der Waals surface area contributed by atoms with E-state index in [0.717, 1.165) is 32.7 Å². The summed E-state index contributed by atoms with van der Waals surface area (Å²) in [4.78, 5) is 30.9. The van der Waals surface area contributed by atoms with E-state index in [0.29, 0.717) is 17.3 Å². The van der Waals surface area contributed by atoms with Crippen molar-refractivity contribution in [2.24, 2.45) is 5.92 Å². The molecule has 0 N–H and O–H groups in total. The Kier molecular flexibility index (Phi) is 4.87. The van der Waals surface area contributed by atoms with Crippen LogP contribution < -0.4 is 4.90 Å². The third-order valence-corrected chi connectivity index (χ3v) is 5.07. The molecule has 124 valence electrons. The fourth-order valence-electron chi connectivity index (χ4n) is 3.32. The quantitative estimate of drug-likeness (QED) is 0.847. The molecule has 6 heteroatoms. The lowest BCUT2D eigenvalue weighted by Gasteiger charge is -2.35. The van der Waals surface area contributed by atoms with Gasteiger partial charge in [0.25, 0.3) is 0 Å². The molecular weight excluding hydrogens is 314 g/mol. The number of piperazine rings is 1. The second-order valence-electron chi connectivity index (χ2n) is 6.12. The smallest absolute Gasteiger partial charge is 0.228 e. The molecule has 0 saturated carbocycles. The molecule has 2 fully saturated rings. The van der Waals surface area contributed by atoms with Crippen molar-refractivity contribution < 1.29 is 9.59 Å². The van der Waals surface area contributed by atoms with Crippen LogP contribution in [0.1, 0.15) is 13.3 Å². The first-order valence-corrected chi connectivity index (χ1v) is 8.54. The summed E-state index contributed by atoms with van der Waals surface area (Å²) in [5.41, 5.74) is 0.699. The Morgan fingerprint density at radius 3 is 2.57 bits per heavy atom. The van der Waals surface area contributed by atoms with E-state index in [2.05, 4.69) is 11.8 Å². The van der Waals surface area contributed by atoms with Crippen molar-refractivity contribution in [1.82, 2.24) is 9.80 Å². The molecule has 1 aromatic rings. The minimum Gasteiger partial charge on any atom is -0.340 e. The number of nitrogens with zero attached hydrogens (tertiary/aromatic N) is 3. The Morgan fingerprint density at radius 2 is 1.91 bits per heavy atom. The normalized spacial score (nSPS) is 22.7. The van der Waals surface area contributed by atoms with Crippen LogP contribution in [0.15, 0.2) is 24.3 Å². The molecule has 23 heavy (non-hydrogen) atoms. The van der Waals surface area contributed by atoms with E-state index in [1.54, 1.807) is 11.0 Å². The van der Waals surface area contributed by atoms with Gasteiger partial charge in [0.1, 0.15) is 0 Å². The fraction of sp³-hybridized carbons (Fsp3) is 0.529. The summed E-state index contributed by atoms with van der Waals surface area (Å²) in [6.45, 7) is 6.91. The van der Waals surface area contributed by atoms with Crippen molar-refractivity contribution in [3.8, 4) is 0 Å². The monoisotopic (exact) mass is 335 g/mol. The molecule has 0 radical (unpaired) electrons. The second-order valence-corrected chi connectivity index (χ2v) is 6.52. The van der Waals surface area contributed by atoms with Crippen LogP contribution in [0.3, 0.4) is 0 Å². The van der Waals surface area contributed by atoms with Gasteiger partial charge in [-0.2, -0.15) is 0 Å². The average Bonchev–Trinajstić information content (AvgIpc) is 2.96. The molecule has 0 bridgehead atoms. The standard InChI is InChI=1S/C17H22ClN3O2/c1-2-19-7-9-20(10-8-19)17(23)13-11-16(22)21(12-13)15-6-4-3-5-14(15)18/h3-6,13H,2,7-12H2,1H3. The lowest BCUT2D eigenvalue weighted by molar-refractivity contribution is -0.137. The first-order chi connectivity index (χ1) is 11.1. The summed E-state index contributed by atoms with van der Waals surface area (Å²) in [5.74, 6) is -0.181. The lowest BCUT2D eigenvalue weighted by atomic mass is 10.1. The number of para-hydroxylation sites is 1. The highest BCUT2D eigenvalue weighted by molar-refractivity contribution is 6.33. The van der Waals surface area contributed by atoms with Gasteiger partial charge in [0.05, 0.1) is 16.6 Å². The maximum atomic E-state index is 12.7. The number of halogens is 1. The van der Waals surface area contributed by atoms with Crippen molar-refractivity contribution in [2.75, 3.05) is 44.2 Å². The van der Waals surface area contributed by atoms with Crippen LogP contribution >= 0.6 is 11.6 Å². The third-order valence-electron chi connectivity index (χ3n) is 4.75. The summed E-state index contributed by atoms with van der Waals surface area (Å²) >= 11 is 6.18. The number of benzene rings is 1. The van der Waals surface area contributed by atoms with Gasteiger partial charge < -0.3 is 14.7 Å². The third kappa shape index (κ3) is 3.35. The lowest BCUT2D eigenvalue weighted by Crippen LogP contribution is -2.50. The van der Waals surface area contributed by atoms with Gasteiger partial charge in [-0.25, -0.2) is 0 Å². The van der Waals surface area contributed by atoms with Crippen LogP contribution in [0.5, 0.6) is 0 Å². The number of rotatable bonds is 3. The molecule has 1 aromatic carbocycles. The van der Waals surface area contributed by atoms with Crippen LogP contribution in [0, 0.1) is 5.92 Å². The summed E-state index contributed by atoms with van der Waals surface area (Å²) < 4.78 is 0. The molecule has 0 spiro atoms. The van der Waals surface area contributed by atoms with Crippen LogP contribution in [-0.4, -0.2) is 60.9 Å². The van der Waals surface area contributed by atoms with Crippen LogP contribution in [0.2, 0.25) is 5.02 Å². The molecule has 2 amide bonds. The van der Waals surface area contributed by atoms with Gasteiger partial charge in [-0.15, -0.1) is 0 Å². The van der Waals surface area contributed by atoms with E-state index >= 15 is 0 Å². The van der Waals surface area contributed by atoms with Gasteiger partial charge >= 0.3 is 0 Å². The first kappa shape index (κ1) is 16.3. The topological polar surface area (TPSA) is 43.9 Å². The van der Waals surface area contributed by atoms with Gasteiger partial charge in [0.15, 0.2) is 0 Å². The van der Waals surface area contributed by atoms with E-state index in [1.165, 1.54) is 0 Å². The molecule has 2 heterocycles. The van der Waals surface area contributed by atoms with Crippen LogP contribution in [0.25, 0.3) is 0 Å². The zero-order valence-electron chi connectivity index (χ0n) is 13.4. The summed E-state index contributed by atoms with van der Waals surface area (Å²) in [5, 5.41) is 0.547. The predicted molar refractivity (Wildman–Crippen MR) is 90.6 cm³/mol. The van der Waals surface area contributed by atoms with Crippen molar-refractivity contribution in [1.29, 1.82) is 0 Å². The maximum Gasteiger partial charge on any atom is 0.228 e. The SMILES string of the molecule is CCN1CCN(C(=O)C2CC(=O)N(c3ccccc3Cl)C2)CC1. The Bertz CT molecular complexity index is 599. The fourth-order valence-corrected chi connectivity index (χ4v) is 3.56. The van der Waals surface area contributed by atoms with Crippen molar-refractivity contribution >= 4 is 29.1 Å². The number of likely N-dealkylation sites (N-methyl/N-ethyl adjacent to an activating group) is 1. The van der Waals surface area contributed by atoms with E-state index < -0.39 is 0 Å². The van der Waals surface area contributed by atoms with Gasteiger partial charge in [-0.05, 0) is 18.7 Å². The first-order valence-electron chi connectivity index (χ1n) is 8.16. The Morgan fingerprint density at radius 1 is 1.22 bits per heavy atom. The largest absolute Gasteiger partial charge is 0.340 e. The number of anilines is 1. The highest BCUT2D eigenvalue weighted by Crippen LogP contribution is 2.31. The zero-order valence-corrected chi connectivity index (χ0v) is 14.1. The molecule has 2 aliphatic rings. The van der Waals surface area contributed by atoms with Gasteiger partial charge in [-0.3, -0.25) is 9.59 Å². The molecule has 0 aromatic heterocycles. The number of carbonyl (C=O) groups excluding carboxylic acids is 2. The number of amides is 2. The van der Waals surface area contributed by atoms with E-state index in [4.69, 9.17) is 11.6 Å². The second kappa shape index (κ2) is 6.89. The number of carbonyl (C=O) groups is 2. The predicted octanol–water partition coefficient (Wildman–Crippen LogP) is 1.86. The number of hydrogen-bond donors (Lipinski definition) is 0. The summed E-state index contributed by atoms with van der Waals surface area (Å²) in [6.07, 6.45) is 0.276. The molecule has 1 unspecified atom stereocenters. The number of hydrogen-bond acceptors (Lipinski definition) is 3. The van der Waals surface area contributed by atoms with Crippen molar-refractivity contribution in [3.63, 3.8) is 0 Å². The average molecular weight is 336 g/mol. The Hall–Kier alpha value is -1.59. The highest BCUT2D eigenvalue weighted by Gasteiger charge is 2.38. The van der Waals surface area contributed by atoms with Gasteiger partial charge in [-0.1, -0.05) is 30.7 Å². The van der Waals surface area contributed by atoms with Crippen molar-refractivity contribution in [3.05, 3.63) is 29.3 Å².